The molecule has 2 aliphatic carbocycles. The normalized spacial score (nSPS) is 13.9. The van der Waals surface area contributed by atoms with Crippen LogP contribution in [0.1, 0.15) is 176 Å². The van der Waals surface area contributed by atoms with E-state index >= 15 is 0 Å². The number of hydrogen-bond acceptors (Lipinski definition) is 10. The molecule has 6 aromatic carbocycles. The lowest BCUT2D eigenvalue weighted by Gasteiger charge is -2.12. The van der Waals surface area contributed by atoms with E-state index in [9.17, 15) is 28.8 Å². The van der Waals surface area contributed by atoms with E-state index < -0.39 is 12.3 Å². The van der Waals surface area contributed by atoms with E-state index in [1.54, 1.807) is 48.5 Å². The Kier molecular flexibility index (Phi) is 17.4. The molecule has 2 heterocycles. The van der Waals surface area contributed by atoms with Crippen molar-refractivity contribution in [2.24, 2.45) is 11.8 Å². The Morgan fingerprint density at radius 1 is 0.418 bits per heavy atom. The molecule has 0 spiro atoms. The number of aryl methyl sites for hydroxylation is 2. The Morgan fingerprint density at radius 3 is 1.10 bits per heavy atom. The maximum absolute atomic E-state index is 14.1. The molecule has 0 aliphatic heterocycles. The van der Waals surface area contributed by atoms with Crippen LogP contribution in [0.5, 0.6) is 11.5 Å². The molecule has 2 fully saturated rings. The van der Waals surface area contributed by atoms with Crippen LogP contribution in [-0.2, 0) is 22.6 Å². The summed E-state index contributed by atoms with van der Waals surface area (Å²) in [6, 6.07) is 36.4. The quantitative estimate of drug-likeness (QED) is 0.0248. The molecule has 12 nitrogen and oxygen atoms in total. The molecule has 408 valence electrons. The number of rotatable bonds is 24. The van der Waals surface area contributed by atoms with Gasteiger partial charge in [-0.1, -0.05) is 78.1 Å². The van der Waals surface area contributed by atoms with Crippen molar-refractivity contribution in [1.82, 2.24) is 9.13 Å². The number of Topliss-reactive ketones (excluding diaryl/α,β-unsaturated/α-hetero) is 2. The second-order valence-electron chi connectivity index (χ2n) is 21.6. The second kappa shape index (κ2) is 25.3. The molecule has 0 radical (unpaired) electrons. The SMILES string of the molecule is CCCCOC(=O)Oc1ccc(C(=O)c2ccc3c(c2)c2cc(C(=O)CCC4CCCC4)ccc2n3CCCn2c3ccc(C(=O)CCC4CCCC4)cc3c3cc(C(=O)c4ccc(OC(=O)OCCCC)cc4)ccc32)cc1. The molecule has 10 rings (SSSR count). The zero-order chi connectivity index (χ0) is 54.8. The molecule has 8 aromatic rings. The predicted octanol–water partition coefficient (Wildman–Crippen LogP) is 16.4. The van der Waals surface area contributed by atoms with Gasteiger partial charge in [0.2, 0.25) is 0 Å². The fraction of sp³-hybridized carbons (Fsp3) is 0.373. The van der Waals surface area contributed by atoms with Crippen molar-refractivity contribution in [3.05, 3.63) is 155 Å². The Hall–Kier alpha value is -7.86. The van der Waals surface area contributed by atoms with E-state index in [0.717, 1.165) is 82.1 Å². The van der Waals surface area contributed by atoms with Gasteiger partial charge in [-0.05, 0) is 165 Å². The standard InChI is InChI=1S/C67H70N2O10/c1-3-5-38-76-66(74)78-52-26-18-46(19-27-52)64(72)50-24-32-60-56(42-50)54-40-48(62(70)34-16-44-12-7-8-13-44)22-30-58(54)68(60)36-11-37-69-59-31-23-49(63(71)35-17-45-14-9-10-15-45)41-55(59)57-43-51(25-33-61(57)69)65(73)47-20-28-53(29-21-47)79-67(75)77-39-6-4-2/h18-33,40-45H,3-17,34-39H2,1-2H3. The molecule has 0 bridgehead atoms. The summed E-state index contributed by atoms with van der Waals surface area (Å²) in [4.78, 5) is 80.3. The number of ketones is 4. The number of fused-ring (bicyclic) bond motifs is 6. The number of benzene rings is 6. The summed E-state index contributed by atoms with van der Waals surface area (Å²) in [5.74, 6) is 1.61. The maximum atomic E-state index is 14.1. The second-order valence-corrected chi connectivity index (χ2v) is 21.6. The van der Waals surface area contributed by atoms with Crippen LogP contribution in [0.2, 0.25) is 0 Å². The summed E-state index contributed by atoms with van der Waals surface area (Å²) in [5.41, 5.74) is 6.95. The first-order chi connectivity index (χ1) is 38.5. The Balaban J connectivity index is 0.942. The van der Waals surface area contributed by atoms with Gasteiger partial charge in [0.05, 0.1) is 13.2 Å². The first kappa shape index (κ1) is 54.5. The minimum absolute atomic E-state index is 0.123. The number of aromatic nitrogens is 2. The number of nitrogens with zero attached hydrogens (tertiary/aromatic N) is 2. The van der Waals surface area contributed by atoms with Crippen molar-refractivity contribution in [3.8, 4) is 11.5 Å². The molecule has 0 saturated heterocycles. The van der Waals surface area contributed by atoms with Gasteiger partial charge in [-0.3, -0.25) is 19.2 Å². The number of hydrogen-bond donors (Lipinski definition) is 0. The molecule has 2 saturated carbocycles. The number of carbonyl (C=O) groups is 6. The molecular weight excluding hydrogens is 993 g/mol. The molecule has 2 aliphatic rings. The smallest absolute Gasteiger partial charge is 0.434 e. The van der Waals surface area contributed by atoms with Gasteiger partial charge in [0.25, 0.3) is 0 Å². The van der Waals surface area contributed by atoms with Gasteiger partial charge in [-0.25, -0.2) is 9.59 Å². The van der Waals surface area contributed by atoms with Gasteiger partial charge >= 0.3 is 12.3 Å². The van der Waals surface area contributed by atoms with Gasteiger partial charge < -0.3 is 28.1 Å². The fourth-order valence-corrected chi connectivity index (χ4v) is 11.8. The summed E-state index contributed by atoms with van der Waals surface area (Å²) in [5, 5.41) is 3.53. The molecule has 79 heavy (non-hydrogen) atoms. The lowest BCUT2D eigenvalue weighted by molar-refractivity contribution is 0.0966. The van der Waals surface area contributed by atoms with Crippen molar-refractivity contribution < 1.29 is 47.7 Å². The van der Waals surface area contributed by atoms with Crippen LogP contribution in [0, 0.1) is 11.8 Å². The third-order valence-corrected chi connectivity index (χ3v) is 16.2. The summed E-state index contributed by atoms with van der Waals surface area (Å²) >= 11 is 0. The number of carbonyl (C=O) groups excluding carboxylic acids is 6. The van der Waals surface area contributed by atoms with E-state index in [-0.39, 0.29) is 47.8 Å². The third-order valence-electron chi connectivity index (χ3n) is 16.2. The first-order valence-corrected chi connectivity index (χ1v) is 28.7. The Bertz CT molecular complexity index is 3300. The summed E-state index contributed by atoms with van der Waals surface area (Å²) in [6.07, 6.45) is 14.8. The molecule has 12 heteroatoms. The van der Waals surface area contributed by atoms with Gasteiger partial charge in [-0.15, -0.1) is 0 Å². The van der Waals surface area contributed by atoms with E-state index in [4.69, 9.17) is 18.9 Å². The van der Waals surface area contributed by atoms with Crippen LogP contribution >= 0.6 is 0 Å². The Labute approximate surface area is 461 Å². The van der Waals surface area contributed by atoms with Gasteiger partial charge in [0, 0.05) is 103 Å². The largest absolute Gasteiger partial charge is 0.513 e. The summed E-state index contributed by atoms with van der Waals surface area (Å²) in [7, 11) is 0. The molecule has 0 N–H and O–H groups in total. The van der Waals surface area contributed by atoms with E-state index in [1.807, 2.05) is 86.6 Å². The van der Waals surface area contributed by atoms with Gasteiger partial charge in [-0.2, -0.15) is 0 Å². The maximum Gasteiger partial charge on any atom is 0.513 e. The van der Waals surface area contributed by atoms with Crippen molar-refractivity contribution in [2.75, 3.05) is 13.2 Å². The van der Waals surface area contributed by atoms with Crippen LogP contribution in [0.15, 0.2) is 121 Å². The van der Waals surface area contributed by atoms with Crippen molar-refractivity contribution in [3.63, 3.8) is 0 Å². The van der Waals surface area contributed by atoms with Crippen LogP contribution in [0.3, 0.4) is 0 Å². The van der Waals surface area contributed by atoms with E-state index in [0.29, 0.717) is 77.6 Å². The fourth-order valence-electron chi connectivity index (χ4n) is 11.8. The van der Waals surface area contributed by atoms with Crippen LogP contribution in [-0.4, -0.2) is 57.8 Å². The Morgan fingerprint density at radius 2 is 0.747 bits per heavy atom. The zero-order valence-electron chi connectivity index (χ0n) is 45.5. The third kappa shape index (κ3) is 12.7. The highest BCUT2D eigenvalue weighted by molar-refractivity contribution is 6.17. The molecule has 0 unspecified atom stereocenters. The molecular formula is C67H70N2O10. The number of ether oxygens (including phenoxy) is 4. The molecule has 2 aromatic heterocycles. The lowest BCUT2D eigenvalue weighted by atomic mass is 9.96. The van der Waals surface area contributed by atoms with Crippen LogP contribution in [0.25, 0.3) is 43.6 Å². The van der Waals surface area contributed by atoms with E-state index in [1.165, 1.54) is 51.4 Å². The van der Waals surface area contributed by atoms with Crippen molar-refractivity contribution in [1.29, 1.82) is 0 Å². The van der Waals surface area contributed by atoms with Gasteiger partial charge in [0.15, 0.2) is 23.1 Å². The van der Waals surface area contributed by atoms with Crippen molar-refractivity contribution >= 4 is 79.1 Å². The highest BCUT2D eigenvalue weighted by atomic mass is 16.7. The topological polar surface area (TPSA) is 149 Å². The summed E-state index contributed by atoms with van der Waals surface area (Å²) < 4.78 is 25.5. The van der Waals surface area contributed by atoms with Crippen LogP contribution in [0.4, 0.5) is 9.59 Å². The number of unbranched alkanes of at least 4 members (excludes halogenated alkanes) is 2. The highest BCUT2D eigenvalue weighted by Crippen LogP contribution is 2.37. The van der Waals surface area contributed by atoms with E-state index in [2.05, 4.69) is 9.13 Å². The summed E-state index contributed by atoms with van der Waals surface area (Å²) in [6.45, 7) is 5.78. The van der Waals surface area contributed by atoms with Crippen LogP contribution < -0.4 is 9.47 Å². The monoisotopic (exact) mass is 1060 g/mol. The minimum atomic E-state index is -0.786. The van der Waals surface area contributed by atoms with Gasteiger partial charge in [0.1, 0.15) is 11.5 Å². The lowest BCUT2D eigenvalue weighted by Crippen LogP contribution is -2.11. The molecule has 0 amide bonds. The highest BCUT2D eigenvalue weighted by Gasteiger charge is 2.23. The average Bonchev–Trinajstić information content (AvgIpc) is 4.49. The first-order valence-electron chi connectivity index (χ1n) is 28.7. The molecule has 0 atom stereocenters. The zero-order valence-corrected chi connectivity index (χ0v) is 45.5. The predicted molar refractivity (Wildman–Crippen MR) is 308 cm³/mol. The van der Waals surface area contributed by atoms with Crippen molar-refractivity contribution in [2.45, 2.75) is 136 Å². The minimum Gasteiger partial charge on any atom is -0.434 e. The average molecular weight is 1060 g/mol.